The molecule has 0 aliphatic rings. The molecule has 0 atom stereocenters. The molecular formula is C25H35NO5. The van der Waals surface area contributed by atoms with Crippen LogP contribution in [0.3, 0.4) is 0 Å². The average molecular weight is 430 g/mol. The fraction of sp³-hybridized carbons (Fsp3) is 0.560. The summed E-state index contributed by atoms with van der Waals surface area (Å²) in [6.07, 6.45) is 15.2. The van der Waals surface area contributed by atoms with Crippen molar-refractivity contribution >= 4 is 29.3 Å². The van der Waals surface area contributed by atoms with E-state index < -0.39 is 12.9 Å². The molecule has 1 aromatic heterocycles. The van der Waals surface area contributed by atoms with Crippen molar-refractivity contribution in [3.8, 4) is 0 Å². The van der Waals surface area contributed by atoms with Crippen molar-refractivity contribution in [2.24, 2.45) is 0 Å². The molecule has 0 saturated heterocycles. The summed E-state index contributed by atoms with van der Waals surface area (Å²) in [5.74, 6) is -0.366. The molecule has 1 aromatic carbocycles. The fourth-order valence-electron chi connectivity index (χ4n) is 3.67. The largest absolute Gasteiger partial charge is 0.428 e. The Morgan fingerprint density at radius 2 is 1.48 bits per heavy atom. The lowest BCUT2D eigenvalue weighted by Crippen LogP contribution is -2.17. The van der Waals surface area contributed by atoms with Gasteiger partial charge in [-0.3, -0.25) is 14.2 Å². The molecule has 0 unspecified atom stereocenters. The molecule has 6 nitrogen and oxygen atoms in total. The molecule has 6 heteroatoms. The Morgan fingerprint density at radius 3 is 2.13 bits per heavy atom. The SMILES string of the molecule is CCCCCCCCCCCCCC(=O)OCOC(=O)n1cc(C=O)c2ccccc21. The zero-order chi connectivity index (χ0) is 22.3. The first-order chi connectivity index (χ1) is 15.2. The Hall–Kier alpha value is -2.63. The van der Waals surface area contributed by atoms with E-state index in [-0.39, 0.29) is 5.97 Å². The second kappa shape index (κ2) is 14.4. The molecule has 0 saturated carbocycles. The van der Waals surface area contributed by atoms with Gasteiger partial charge in [-0.1, -0.05) is 89.3 Å². The fourth-order valence-corrected chi connectivity index (χ4v) is 3.67. The molecular weight excluding hydrogens is 394 g/mol. The van der Waals surface area contributed by atoms with E-state index in [9.17, 15) is 14.4 Å². The number of carbonyl (C=O) groups is 3. The third-order valence-electron chi connectivity index (χ3n) is 5.45. The van der Waals surface area contributed by atoms with Crippen molar-refractivity contribution in [2.45, 2.75) is 84.0 Å². The number of para-hydroxylation sites is 1. The van der Waals surface area contributed by atoms with Crippen LogP contribution in [0, 0.1) is 0 Å². The van der Waals surface area contributed by atoms with E-state index in [1.807, 2.05) is 0 Å². The number of esters is 1. The van der Waals surface area contributed by atoms with Gasteiger partial charge in [0, 0.05) is 23.6 Å². The smallest absolute Gasteiger partial charge is 0.421 e. The standard InChI is InChI=1S/C25H35NO5/c1-2-3-4-5-6-7-8-9-10-11-12-17-24(28)30-20-31-25(29)26-18-21(19-27)22-15-13-14-16-23(22)26/h13-16,18-19H,2-12,17,20H2,1H3. The maximum atomic E-state index is 12.3. The van der Waals surface area contributed by atoms with Crippen molar-refractivity contribution in [1.29, 1.82) is 0 Å². The van der Waals surface area contributed by atoms with E-state index >= 15 is 0 Å². The second-order valence-electron chi connectivity index (χ2n) is 7.92. The molecule has 31 heavy (non-hydrogen) atoms. The van der Waals surface area contributed by atoms with Gasteiger partial charge in [0.1, 0.15) is 0 Å². The predicted molar refractivity (Wildman–Crippen MR) is 121 cm³/mol. The number of aldehydes is 1. The van der Waals surface area contributed by atoms with Crippen molar-refractivity contribution < 1.29 is 23.9 Å². The highest BCUT2D eigenvalue weighted by Gasteiger charge is 2.14. The summed E-state index contributed by atoms with van der Waals surface area (Å²) in [5.41, 5.74) is 0.975. The molecule has 0 radical (unpaired) electrons. The lowest BCUT2D eigenvalue weighted by molar-refractivity contribution is -0.151. The van der Waals surface area contributed by atoms with Gasteiger partial charge in [-0.05, 0) is 12.5 Å². The molecule has 0 N–H and O–H groups in total. The van der Waals surface area contributed by atoms with Gasteiger partial charge < -0.3 is 9.47 Å². The van der Waals surface area contributed by atoms with E-state index in [1.165, 1.54) is 62.1 Å². The van der Waals surface area contributed by atoms with E-state index in [2.05, 4.69) is 6.92 Å². The number of carbonyl (C=O) groups excluding carboxylic acids is 3. The molecule has 2 rings (SSSR count). The number of fused-ring (bicyclic) bond motifs is 1. The Bertz CT molecular complexity index is 826. The minimum Gasteiger partial charge on any atom is -0.428 e. The topological polar surface area (TPSA) is 74.6 Å². The Labute approximate surface area is 184 Å². The van der Waals surface area contributed by atoms with Gasteiger partial charge in [0.2, 0.25) is 6.79 Å². The molecule has 1 heterocycles. The molecule has 170 valence electrons. The number of rotatable bonds is 15. The molecule has 2 aromatic rings. The summed E-state index contributed by atoms with van der Waals surface area (Å²) < 4.78 is 11.3. The van der Waals surface area contributed by atoms with E-state index in [0.29, 0.717) is 29.2 Å². The highest BCUT2D eigenvalue weighted by molar-refractivity contribution is 6.01. The second-order valence-corrected chi connectivity index (χ2v) is 7.92. The van der Waals surface area contributed by atoms with Crippen LogP contribution in [0.1, 0.15) is 94.3 Å². The number of aromatic nitrogens is 1. The van der Waals surface area contributed by atoms with Crippen LogP contribution < -0.4 is 0 Å². The summed E-state index contributed by atoms with van der Waals surface area (Å²) in [6.45, 7) is 1.80. The number of ether oxygens (including phenoxy) is 2. The molecule has 0 amide bonds. The van der Waals surface area contributed by atoms with E-state index in [1.54, 1.807) is 24.3 Å². The van der Waals surface area contributed by atoms with Crippen LogP contribution in [0.15, 0.2) is 30.5 Å². The predicted octanol–water partition coefficient (Wildman–Crippen LogP) is 6.64. The molecule has 0 aliphatic carbocycles. The van der Waals surface area contributed by atoms with Crippen LogP contribution in [0.25, 0.3) is 10.9 Å². The summed E-state index contributed by atoms with van der Waals surface area (Å²) in [6, 6.07) is 7.05. The van der Waals surface area contributed by atoms with Gasteiger partial charge in [-0.15, -0.1) is 0 Å². The first kappa shape index (κ1) is 24.6. The zero-order valence-corrected chi connectivity index (χ0v) is 18.6. The number of hydrogen-bond donors (Lipinski definition) is 0. The normalized spacial score (nSPS) is 10.9. The van der Waals surface area contributed by atoms with Crippen molar-refractivity contribution in [3.63, 3.8) is 0 Å². The minimum atomic E-state index is -0.688. The maximum absolute atomic E-state index is 12.3. The van der Waals surface area contributed by atoms with Gasteiger partial charge in [0.05, 0.1) is 5.52 Å². The van der Waals surface area contributed by atoms with E-state index in [4.69, 9.17) is 9.47 Å². The van der Waals surface area contributed by atoms with Crippen LogP contribution in [-0.4, -0.2) is 29.7 Å². The quantitative estimate of drug-likeness (QED) is 0.137. The third-order valence-corrected chi connectivity index (χ3v) is 5.45. The lowest BCUT2D eigenvalue weighted by Gasteiger charge is -2.07. The van der Waals surface area contributed by atoms with Gasteiger partial charge in [-0.25, -0.2) is 4.79 Å². The van der Waals surface area contributed by atoms with Crippen LogP contribution >= 0.6 is 0 Å². The van der Waals surface area contributed by atoms with Crippen molar-refractivity contribution in [2.75, 3.05) is 6.79 Å². The summed E-state index contributed by atoms with van der Waals surface area (Å²) in [5, 5.41) is 0.669. The number of hydrogen-bond acceptors (Lipinski definition) is 5. The maximum Gasteiger partial charge on any atom is 0.421 e. The van der Waals surface area contributed by atoms with Gasteiger partial charge in [0.25, 0.3) is 0 Å². The van der Waals surface area contributed by atoms with Crippen LogP contribution in [0.4, 0.5) is 4.79 Å². The third kappa shape index (κ3) is 8.56. The van der Waals surface area contributed by atoms with Crippen LogP contribution in [0.5, 0.6) is 0 Å². The molecule has 0 aliphatic heterocycles. The Balaban J connectivity index is 1.54. The van der Waals surface area contributed by atoms with Gasteiger partial charge >= 0.3 is 12.1 Å². The zero-order valence-electron chi connectivity index (χ0n) is 18.6. The minimum absolute atomic E-state index is 0.330. The Kier molecular flexibility index (Phi) is 11.4. The first-order valence-corrected chi connectivity index (χ1v) is 11.6. The summed E-state index contributed by atoms with van der Waals surface area (Å²) in [7, 11) is 0. The first-order valence-electron chi connectivity index (χ1n) is 11.6. The average Bonchev–Trinajstić information content (AvgIpc) is 3.16. The molecule has 0 bridgehead atoms. The number of nitrogens with zero attached hydrogens (tertiary/aromatic N) is 1. The lowest BCUT2D eigenvalue weighted by atomic mass is 10.1. The van der Waals surface area contributed by atoms with Crippen LogP contribution in [0.2, 0.25) is 0 Å². The number of benzene rings is 1. The van der Waals surface area contributed by atoms with Gasteiger partial charge in [-0.2, -0.15) is 0 Å². The summed E-state index contributed by atoms with van der Waals surface area (Å²) in [4.78, 5) is 35.3. The Morgan fingerprint density at radius 1 is 0.871 bits per heavy atom. The summed E-state index contributed by atoms with van der Waals surface area (Å²) >= 11 is 0. The van der Waals surface area contributed by atoms with Gasteiger partial charge in [0.15, 0.2) is 6.29 Å². The van der Waals surface area contributed by atoms with Crippen molar-refractivity contribution in [3.05, 3.63) is 36.0 Å². The highest BCUT2D eigenvalue weighted by atomic mass is 16.7. The monoisotopic (exact) mass is 429 g/mol. The highest BCUT2D eigenvalue weighted by Crippen LogP contribution is 2.20. The van der Waals surface area contributed by atoms with Crippen molar-refractivity contribution in [1.82, 2.24) is 4.57 Å². The molecule has 0 fully saturated rings. The number of unbranched alkanes of at least 4 members (excludes halogenated alkanes) is 10. The van der Waals surface area contributed by atoms with E-state index in [0.717, 1.165) is 19.3 Å². The molecule has 0 spiro atoms. The van der Waals surface area contributed by atoms with Crippen LogP contribution in [-0.2, 0) is 14.3 Å².